The van der Waals surface area contributed by atoms with E-state index in [-0.39, 0.29) is 66.3 Å². The smallest absolute Gasteiger partial charge is 0.135 e. The van der Waals surface area contributed by atoms with Crippen LogP contribution in [-0.2, 0) is 0 Å². The van der Waals surface area contributed by atoms with Crippen molar-refractivity contribution in [2.75, 3.05) is 0 Å². The van der Waals surface area contributed by atoms with Crippen molar-refractivity contribution in [1.82, 2.24) is 4.57 Å². The molecule has 6 aromatic carbocycles. The highest BCUT2D eigenvalue weighted by Crippen LogP contribution is 2.47. The quantitative estimate of drug-likeness (QED) is 0.242. The highest BCUT2D eigenvalue weighted by Gasteiger charge is 2.20. The van der Waals surface area contributed by atoms with Crippen LogP contribution in [0.25, 0.3) is 60.5 Å². The number of rotatable bonds is 2. The number of ether oxygens (including phenoxy) is 1. The summed E-state index contributed by atoms with van der Waals surface area (Å²) in [5, 5.41) is -0.800. The molecule has 2 heteroatoms. The molecule has 1 aromatic heterocycles. The molecule has 0 saturated carbocycles. The van der Waals surface area contributed by atoms with Gasteiger partial charge in [0.2, 0.25) is 0 Å². The van der Waals surface area contributed by atoms with E-state index >= 15 is 0 Å². The number of benzene rings is 6. The van der Waals surface area contributed by atoms with Crippen LogP contribution in [0.5, 0.6) is 11.5 Å². The van der Waals surface area contributed by atoms with Gasteiger partial charge in [0.15, 0.2) is 0 Å². The molecule has 0 radical (unpaired) electrons. The minimum absolute atomic E-state index is 0.00627. The summed E-state index contributed by atoms with van der Waals surface area (Å²) in [5.41, 5.74) is -1.36. The molecule has 0 atom stereocenters. The Morgan fingerprint density at radius 2 is 1.39 bits per heavy atom. The van der Waals surface area contributed by atoms with Crippen molar-refractivity contribution in [3.05, 3.63) is 127 Å². The van der Waals surface area contributed by atoms with E-state index in [9.17, 15) is 2.74 Å². The fraction of sp³-hybridized carbons (Fsp3) is 0. The summed E-state index contributed by atoms with van der Waals surface area (Å²) in [6.45, 7) is 0. The van der Waals surface area contributed by atoms with E-state index in [2.05, 4.69) is 0 Å². The molecule has 0 N–H and O–H groups in total. The van der Waals surface area contributed by atoms with Gasteiger partial charge in [0.1, 0.15) is 11.5 Å². The number of nitrogens with zero attached hydrogens (tertiary/aromatic N) is 1. The normalized spacial score (nSPS) is 19.1. The number of para-hydroxylation sites is 2. The van der Waals surface area contributed by atoms with Crippen LogP contribution in [-0.4, -0.2) is 4.57 Å². The second-order valence-corrected chi connectivity index (χ2v) is 8.02. The predicted molar refractivity (Wildman–Crippen MR) is 149 cm³/mol. The van der Waals surface area contributed by atoms with Gasteiger partial charge >= 0.3 is 0 Å². The van der Waals surface area contributed by atoms with Crippen LogP contribution < -0.4 is 4.74 Å². The van der Waals surface area contributed by atoms with Crippen LogP contribution in [0.1, 0.15) is 24.7 Å². The van der Waals surface area contributed by atoms with Crippen molar-refractivity contribution < 1.29 is 29.4 Å². The second-order valence-electron chi connectivity index (χ2n) is 8.02. The first-order valence-electron chi connectivity index (χ1n) is 19.8. The Kier molecular flexibility index (Phi) is 1.83. The summed E-state index contributed by atoms with van der Waals surface area (Å²) in [6, 6.07) is -7.12. The van der Waals surface area contributed by atoms with Gasteiger partial charge in [-0.25, -0.2) is 0 Å². The summed E-state index contributed by atoms with van der Waals surface area (Å²) < 4.78 is 163. The third-order valence-electron chi connectivity index (χ3n) is 6.08. The standard InChI is InChI=1S/C34H21NO/c1-2-10-25(11-3-1)35-30-14-5-4-12-26(30)27-18-16-24(21-31(27)35)23-17-19-32-29(20-23)28-13-6-8-22-9-7-15-33(36-32)34(22)28/h1-21H/i1D,2D,3D,4D,5D,6D,7D,8D,9D,10D,11D,12D,13D,14D,15D,16D,18D,21D. The Morgan fingerprint density at radius 1 is 0.583 bits per heavy atom. The van der Waals surface area contributed by atoms with Gasteiger partial charge in [-0.2, -0.15) is 0 Å². The van der Waals surface area contributed by atoms with Gasteiger partial charge < -0.3 is 9.30 Å². The Labute approximate surface area is 233 Å². The topological polar surface area (TPSA) is 14.2 Å². The minimum Gasteiger partial charge on any atom is -0.456 e. The molecule has 36 heavy (non-hydrogen) atoms. The SMILES string of the molecule is [2H]c1c([2H])c([2H])c(-n2c3c([2H])c([2H])c([2H])c([2H])c3c3c([2H])c([2H])c(-c4ccc5c(c4)-c4c([2H])c([2H])c([2H])c6c([2H])c([2H])c([2H])c(c46)O5)c([2H])c32)c([2H])c1[2H]. The number of fused-ring (bicyclic) bond motifs is 5. The first kappa shape index (κ1) is 9.00. The van der Waals surface area contributed by atoms with Crippen molar-refractivity contribution in [3.63, 3.8) is 0 Å². The molecular formula is C34H21NO. The van der Waals surface area contributed by atoms with Crippen LogP contribution in [0, 0.1) is 0 Å². The summed E-state index contributed by atoms with van der Waals surface area (Å²) in [5.74, 6) is -0.144. The Bertz CT molecular complexity index is 2920. The Balaban J connectivity index is 1.54. The van der Waals surface area contributed by atoms with E-state index in [0.29, 0.717) is 0 Å². The maximum absolute atomic E-state index is 9.55. The average molecular weight is 478 g/mol. The third-order valence-corrected chi connectivity index (χ3v) is 6.08. The monoisotopic (exact) mass is 477 g/mol. The van der Waals surface area contributed by atoms with Crippen LogP contribution in [0.3, 0.4) is 0 Å². The average Bonchev–Trinajstić information content (AvgIpc) is 3.50. The molecule has 7 aromatic rings. The first-order chi connectivity index (χ1) is 25.3. The van der Waals surface area contributed by atoms with Crippen LogP contribution in [0.4, 0.5) is 0 Å². The predicted octanol–water partition coefficient (Wildman–Crippen LogP) is 9.38. The van der Waals surface area contributed by atoms with Crippen molar-refractivity contribution in [1.29, 1.82) is 0 Å². The molecule has 0 spiro atoms. The lowest BCUT2D eigenvalue weighted by Gasteiger charge is -2.22. The van der Waals surface area contributed by atoms with Gasteiger partial charge in [-0.05, 0) is 64.4 Å². The molecule has 0 aliphatic carbocycles. The molecule has 0 unspecified atom stereocenters. The highest BCUT2D eigenvalue weighted by atomic mass is 16.5. The van der Waals surface area contributed by atoms with Crippen LogP contribution >= 0.6 is 0 Å². The summed E-state index contributed by atoms with van der Waals surface area (Å²) in [6.07, 6.45) is 0. The second kappa shape index (κ2) is 7.34. The van der Waals surface area contributed by atoms with E-state index < -0.39 is 114 Å². The molecule has 8 rings (SSSR count). The van der Waals surface area contributed by atoms with E-state index in [1.807, 2.05) is 0 Å². The van der Waals surface area contributed by atoms with Crippen molar-refractivity contribution in [3.8, 4) is 39.4 Å². The van der Waals surface area contributed by atoms with Crippen LogP contribution in [0.2, 0.25) is 0 Å². The molecule has 0 amide bonds. The number of hydrogen-bond donors (Lipinski definition) is 0. The van der Waals surface area contributed by atoms with Gasteiger partial charge in [-0.3, -0.25) is 0 Å². The lowest BCUT2D eigenvalue weighted by atomic mass is 9.92. The molecule has 0 bridgehead atoms. The van der Waals surface area contributed by atoms with Crippen molar-refractivity contribution in [2.24, 2.45) is 0 Å². The van der Waals surface area contributed by atoms with E-state index in [1.54, 1.807) is 0 Å². The van der Waals surface area contributed by atoms with E-state index in [4.69, 9.17) is 26.7 Å². The summed E-state index contributed by atoms with van der Waals surface area (Å²) in [7, 11) is 0. The Morgan fingerprint density at radius 3 is 2.31 bits per heavy atom. The number of aromatic nitrogens is 1. The number of hydrogen-bond acceptors (Lipinski definition) is 1. The molecule has 2 nitrogen and oxygen atoms in total. The lowest BCUT2D eigenvalue weighted by Crippen LogP contribution is -1.97. The maximum atomic E-state index is 9.55. The third kappa shape index (κ3) is 2.73. The summed E-state index contributed by atoms with van der Waals surface area (Å²) in [4.78, 5) is 0. The molecule has 0 fully saturated rings. The van der Waals surface area contributed by atoms with Gasteiger partial charge in [0, 0.05) is 27.4 Å². The summed E-state index contributed by atoms with van der Waals surface area (Å²) >= 11 is 0. The fourth-order valence-corrected chi connectivity index (χ4v) is 4.53. The van der Waals surface area contributed by atoms with Gasteiger partial charge in [-0.15, -0.1) is 0 Å². The zero-order valence-corrected chi connectivity index (χ0v) is 18.1. The van der Waals surface area contributed by atoms with Gasteiger partial charge in [-0.1, -0.05) is 84.6 Å². The van der Waals surface area contributed by atoms with Crippen molar-refractivity contribution >= 4 is 32.6 Å². The fourth-order valence-electron chi connectivity index (χ4n) is 4.53. The molecule has 1 aliphatic rings. The van der Waals surface area contributed by atoms with Crippen LogP contribution in [0.15, 0.2) is 127 Å². The lowest BCUT2D eigenvalue weighted by molar-refractivity contribution is 0.487. The first-order valence-corrected chi connectivity index (χ1v) is 10.8. The molecular weight excluding hydrogens is 438 g/mol. The molecule has 168 valence electrons. The molecule has 1 aliphatic heterocycles. The minimum atomic E-state index is -0.763. The Hall–Kier alpha value is -4.82. The van der Waals surface area contributed by atoms with E-state index in [0.717, 1.165) is 4.57 Å². The van der Waals surface area contributed by atoms with Gasteiger partial charge in [0.05, 0.1) is 35.7 Å². The maximum Gasteiger partial charge on any atom is 0.135 e. The molecule has 2 heterocycles. The zero-order valence-electron chi connectivity index (χ0n) is 36.1. The molecule has 0 saturated heterocycles. The van der Waals surface area contributed by atoms with Gasteiger partial charge in [0.25, 0.3) is 0 Å². The van der Waals surface area contributed by atoms with E-state index in [1.165, 1.54) is 18.2 Å². The van der Waals surface area contributed by atoms with Crippen molar-refractivity contribution in [2.45, 2.75) is 0 Å². The highest BCUT2D eigenvalue weighted by molar-refractivity contribution is 6.10. The zero-order chi connectivity index (χ0) is 39.3. The largest absolute Gasteiger partial charge is 0.456 e.